The number of aliphatic carboxylic acids is 2. The zero-order chi connectivity index (χ0) is 21.1. The quantitative estimate of drug-likeness (QED) is 0.480. The third-order valence-electron chi connectivity index (χ3n) is 5.83. The molecule has 0 spiro atoms. The van der Waals surface area contributed by atoms with Crippen molar-refractivity contribution in [2.24, 2.45) is 0 Å². The fourth-order valence-corrected chi connectivity index (χ4v) is 3.94. The van der Waals surface area contributed by atoms with Gasteiger partial charge in [-0.15, -0.1) is 0 Å². The Kier molecular flexibility index (Phi) is 11.6. The number of carboxylic acid groups (broad SMARTS) is 2. The molecular formula is C20H40N4O4. The zero-order valence-electron chi connectivity index (χ0n) is 18.0. The Morgan fingerprint density at radius 1 is 0.750 bits per heavy atom. The molecule has 1 fully saturated rings. The van der Waals surface area contributed by atoms with Crippen LogP contribution in [-0.4, -0.2) is 95.4 Å². The number of carboxylic acids is 2. The lowest BCUT2D eigenvalue weighted by atomic mass is 10.1. The molecule has 4 N–H and O–H groups in total. The minimum absolute atomic E-state index is 0.0392. The summed E-state index contributed by atoms with van der Waals surface area (Å²) in [5, 5.41) is 25.9. The van der Waals surface area contributed by atoms with E-state index in [-0.39, 0.29) is 37.3 Å². The Bertz CT molecular complexity index is 435. The maximum atomic E-state index is 11.4. The van der Waals surface area contributed by atoms with E-state index in [4.69, 9.17) is 0 Å². The number of carbonyl (C=O) groups is 2. The van der Waals surface area contributed by atoms with Gasteiger partial charge in [0.05, 0.1) is 13.1 Å². The number of hydrogen-bond acceptors (Lipinski definition) is 6. The topological polar surface area (TPSA) is 105 Å². The first kappa shape index (κ1) is 24.8. The Morgan fingerprint density at radius 3 is 1.36 bits per heavy atom. The number of hydrogen-bond donors (Lipinski definition) is 4. The van der Waals surface area contributed by atoms with Gasteiger partial charge in [-0.3, -0.25) is 19.4 Å². The average Bonchev–Trinajstić information content (AvgIpc) is 2.64. The molecule has 1 rings (SSSR count). The first-order valence-corrected chi connectivity index (χ1v) is 10.7. The first-order valence-electron chi connectivity index (χ1n) is 10.7. The minimum Gasteiger partial charge on any atom is -0.480 e. The van der Waals surface area contributed by atoms with Crippen molar-refractivity contribution < 1.29 is 19.8 Å². The molecule has 0 amide bonds. The zero-order valence-corrected chi connectivity index (χ0v) is 18.0. The van der Waals surface area contributed by atoms with Crippen LogP contribution in [0, 0.1) is 0 Å². The fourth-order valence-electron chi connectivity index (χ4n) is 3.94. The molecule has 1 heterocycles. The van der Waals surface area contributed by atoms with Crippen LogP contribution >= 0.6 is 0 Å². The van der Waals surface area contributed by atoms with Gasteiger partial charge in [0.25, 0.3) is 0 Å². The Balaban J connectivity index is 3.08. The molecule has 4 atom stereocenters. The Hall–Kier alpha value is -1.22. The highest BCUT2D eigenvalue weighted by Gasteiger charge is 2.27. The molecule has 28 heavy (non-hydrogen) atoms. The molecule has 0 aromatic rings. The molecule has 8 nitrogen and oxygen atoms in total. The first-order chi connectivity index (χ1) is 13.3. The lowest BCUT2D eigenvalue weighted by Crippen LogP contribution is -2.57. The predicted molar refractivity (Wildman–Crippen MR) is 111 cm³/mol. The highest BCUT2D eigenvalue weighted by molar-refractivity contribution is 5.69. The van der Waals surface area contributed by atoms with E-state index in [0.717, 1.165) is 25.7 Å². The van der Waals surface area contributed by atoms with Crippen LogP contribution in [0.15, 0.2) is 0 Å². The maximum Gasteiger partial charge on any atom is 0.317 e. The third kappa shape index (κ3) is 8.43. The van der Waals surface area contributed by atoms with E-state index in [1.807, 2.05) is 0 Å². The van der Waals surface area contributed by atoms with Gasteiger partial charge >= 0.3 is 11.9 Å². The van der Waals surface area contributed by atoms with Gasteiger partial charge in [-0.2, -0.15) is 0 Å². The summed E-state index contributed by atoms with van der Waals surface area (Å²) in [4.78, 5) is 27.0. The van der Waals surface area contributed by atoms with Crippen molar-refractivity contribution >= 4 is 11.9 Å². The second-order valence-electron chi connectivity index (χ2n) is 7.80. The second-order valence-corrected chi connectivity index (χ2v) is 7.80. The van der Waals surface area contributed by atoms with E-state index in [2.05, 4.69) is 48.1 Å². The molecular weight excluding hydrogens is 360 g/mol. The second kappa shape index (κ2) is 13.1. The fraction of sp³-hybridized carbons (Fsp3) is 0.900. The molecule has 0 aromatic carbocycles. The molecule has 0 aromatic heterocycles. The summed E-state index contributed by atoms with van der Waals surface area (Å²) < 4.78 is 0. The molecule has 164 valence electrons. The van der Waals surface area contributed by atoms with Crippen molar-refractivity contribution in [2.45, 2.75) is 77.5 Å². The summed E-state index contributed by atoms with van der Waals surface area (Å²) in [5.41, 5.74) is 0. The molecule has 0 saturated carbocycles. The van der Waals surface area contributed by atoms with Gasteiger partial charge in [0.2, 0.25) is 0 Å². The van der Waals surface area contributed by atoms with Crippen LogP contribution in [-0.2, 0) is 9.59 Å². The Morgan fingerprint density at radius 2 is 1.11 bits per heavy atom. The lowest BCUT2D eigenvalue weighted by molar-refractivity contribution is -0.139. The van der Waals surface area contributed by atoms with Gasteiger partial charge in [-0.05, 0) is 25.7 Å². The van der Waals surface area contributed by atoms with Crippen LogP contribution in [0.2, 0.25) is 0 Å². The molecule has 1 aliphatic rings. The summed E-state index contributed by atoms with van der Waals surface area (Å²) >= 11 is 0. The van der Waals surface area contributed by atoms with E-state index in [9.17, 15) is 19.8 Å². The van der Waals surface area contributed by atoms with Gasteiger partial charge < -0.3 is 20.8 Å². The van der Waals surface area contributed by atoms with Crippen molar-refractivity contribution in [1.29, 1.82) is 0 Å². The maximum absolute atomic E-state index is 11.4. The highest BCUT2D eigenvalue weighted by atomic mass is 16.4. The van der Waals surface area contributed by atoms with E-state index in [1.165, 1.54) is 0 Å². The predicted octanol–water partition coefficient (Wildman–Crippen LogP) is 1.07. The molecule has 1 saturated heterocycles. The molecule has 0 bridgehead atoms. The Labute approximate surface area is 169 Å². The number of rotatable bonds is 8. The number of nitrogens with one attached hydrogen (secondary N) is 2. The minimum atomic E-state index is -0.800. The van der Waals surface area contributed by atoms with E-state index >= 15 is 0 Å². The van der Waals surface area contributed by atoms with E-state index in [0.29, 0.717) is 26.2 Å². The van der Waals surface area contributed by atoms with Crippen molar-refractivity contribution in [3.63, 3.8) is 0 Å². The monoisotopic (exact) mass is 400 g/mol. The van der Waals surface area contributed by atoms with Crippen LogP contribution in [0.5, 0.6) is 0 Å². The summed E-state index contributed by atoms with van der Waals surface area (Å²) in [6.07, 6.45) is 3.52. The molecule has 8 heteroatoms. The van der Waals surface area contributed by atoms with Crippen molar-refractivity contribution in [3.05, 3.63) is 0 Å². The van der Waals surface area contributed by atoms with Crippen LogP contribution in [0.3, 0.4) is 0 Å². The lowest BCUT2D eigenvalue weighted by Gasteiger charge is -2.38. The highest BCUT2D eigenvalue weighted by Crippen LogP contribution is 2.12. The summed E-state index contributed by atoms with van der Waals surface area (Å²) in [7, 11) is 0. The van der Waals surface area contributed by atoms with Gasteiger partial charge in [0, 0.05) is 50.3 Å². The van der Waals surface area contributed by atoms with Crippen LogP contribution < -0.4 is 10.6 Å². The summed E-state index contributed by atoms with van der Waals surface area (Å²) in [6, 6.07) is 0.622. The number of nitrogens with zero attached hydrogens (tertiary/aromatic N) is 2. The smallest absolute Gasteiger partial charge is 0.317 e. The van der Waals surface area contributed by atoms with Crippen LogP contribution in [0.1, 0.15) is 53.4 Å². The normalized spacial score (nSPS) is 29.0. The van der Waals surface area contributed by atoms with Crippen molar-refractivity contribution in [3.8, 4) is 0 Å². The SMILES string of the molecule is CC[C@@H]1CN(CC(=O)O)[C@H](CC)CN[C@H](CC)CN(CC(=O)O)[C@H](CC)CN1. The molecule has 1 aliphatic heterocycles. The van der Waals surface area contributed by atoms with Crippen LogP contribution in [0.4, 0.5) is 0 Å². The van der Waals surface area contributed by atoms with Crippen molar-refractivity contribution in [2.75, 3.05) is 39.3 Å². The summed E-state index contributed by atoms with van der Waals surface area (Å²) in [6.45, 7) is 11.2. The molecule has 0 aliphatic carbocycles. The largest absolute Gasteiger partial charge is 0.480 e. The van der Waals surface area contributed by atoms with Gasteiger partial charge in [0.1, 0.15) is 0 Å². The average molecular weight is 401 g/mol. The third-order valence-corrected chi connectivity index (χ3v) is 5.83. The van der Waals surface area contributed by atoms with Crippen molar-refractivity contribution in [1.82, 2.24) is 20.4 Å². The molecule has 0 radical (unpaired) electrons. The molecule has 0 unspecified atom stereocenters. The summed E-state index contributed by atoms with van der Waals surface area (Å²) in [5.74, 6) is -1.60. The van der Waals surface area contributed by atoms with Gasteiger partial charge in [-0.1, -0.05) is 27.7 Å². The van der Waals surface area contributed by atoms with E-state index < -0.39 is 11.9 Å². The van der Waals surface area contributed by atoms with E-state index in [1.54, 1.807) is 0 Å². The van der Waals surface area contributed by atoms with Gasteiger partial charge in [-0.25, -0.2) is 0 Å². The van der Waals surface area contributed by atoms with Gasteiger partial charge in [0.15, 0.2) is 0 Å². The standard InChI is InChI=1S/C20H40N4O4/c1-5-15-11-23(13-19(25)26)18(8-4)10-22-16(6-2)12-24(14-20(27)28)17(7-3)9-21-15/h15-18,21-22H,5-14H2,1-4H3,(H,25,26)(H,27,28)/t15-,16-,17-,18-/m1/s1. The van der Waals surface area contributed by atoms with Crippen LogP contribution in [0.25, 0.3) is 0 Å².